The fourth-order valence-electron chi connectivity index (χ4n) is 4.18. The van der Waals surface area contributed by atoms with E-state index in [1.54, 1.807) is 0 Å². The monoisotopic (exact) mass is 458 g/mol. The topological polar surface area (TPSA) is 78.3 Å². The number of fused-ring (bicyclic) bond motifs is 2. The lowest BCUT2D eigenvalue weighted by molar-refractivity contribution is -0.137. The van der Waals surface area contributed by atoms with Crippen LogP contribution in [0.3, 0.4) is 0 Å². The second-order valence-corrected chi connectivity index (χ2v) is 8.10. The molecule has 2 aliphatic heterocycles. The van der Waals surface area contributed by atoms with E-state index in [9.17, 15) is 18.0 Å². The third-order valence-electron chi connectivity index (χ3n) is 5.71. The minimum atomic E-state index is -4.45. The molecule has 2 aliphatic rings. The van der Waals surface area contributed by atoms with Crippen LogP contribution in [0.5, 0.6) is 5.75 Å². The minimum Gasteiger partial charge on any atom is -0.491 e. The Morgan fingerprint density at radius 2 is 2.06 bits per heavy atom. The predicted molar refractivity (Wildman–Crippen MR) is 112 cm³/mol. The Bertz CT molecular complexity index is 1220. The van der Waals surface area contributed by atoms with Gasteiger partial charge in [-0.15, -0.1) is 0 Å². The molecule has 1 aromatic carbocycles. The molecule has 33 heavy (non-hydrogen) atoms. The Hall–Kier alpha value is -3.40. The van der Waals surface area contributed by atoms with Gasteiger partial charge in [0.25, 0.3) is 5.91 Å². The van der Waals surface area contributed by atoms with E-state index in [0.717, 1.165) is 17.8 Å². The third-order valence-corrected chi connectivity index (χ3v) is 5.71. The fourth-order valence-corrected chi connectivity index (χ4v) is 4.18. The molecule has 1 N–H and O–H groups in total. The third kappa shape index (κ3) is 4.18. The summed E-state index contributed by atoms with van der Waals surface area (Å²) in [5.41, 5.74) is 1.90. The first-order valence-corrected chi connectivity index (χ1v) is 10.5. The van der Waals surface area contributed by atoms with Crippen LogP contribution in [0.1, 0.15) is 33.1 Å². The summed E-state index contributed by atoms with van der Waals surface area (Å²) in [5, 5.41) is 2.88. The summed E-state index contributed by atoms with van der Waals surface area (Å²) in [4.78, 5) is 22.3. The highest BCUT2D eigenvalue weighted by atomic mass is 19.4. The largest absolute Gasteiger partial charge is 0.491 e. The van der Waals surface area contributed by atoms with Gasteiger partial charge in [-0.1, -0.05) is 6.07 Å². The number of ether oxygens (including phenoxy) is 2. The van der Waals surface area contributed by atoms with E-state index in [1.807, 2.05) is 29.7 Å². The molecule has 0 bridgehead atoms. The van der Waals surface area contributed by atoms with Crippen LogP contribution < -0.4 is 10.1 Å². The van der Waals surface area contributed by atoms with Crippen molar-refractivity contribution < 1.29 is 27.4 Å². The smallest absolute Gasteiger partial charge is 0.416 e. The predicted octanol–water partition coefficient (Wildman–Crippen LogP) is 3.54. The number of amides is 1. The van der Waals surface area contributed by atoms with Crippen molar-refractivity contribution >= 4 is 5.91 Å². The van der Waals surface area contributed by atoms with Crippen LogP contribution in [0, 0.1) is 6.92 Å². The second kappa shape index (κ2) is 8.18. The van der Waals surface area contributed by atoms with Crippen molar-refractivity contribution in [3.63, 3.8) is 0 Å². The molecule has 1 unspecified atom stereocenters. The molecule has 172 valence electrons. The zero-order chi connectivity index (χ0) is 23.2. The normalized spacial score (nSPS) is 17.6. The molecule has 1 amide bonds. The molecule has 0 aliphatic carbocycles. The highest BCUT2D eigenvalue weighted by Gasteiger charge is 2.33. The van der Waals surface area contributed by atoms with E-state index >= 15 is 0 Å². The SMILES string of the molecule is Cc1cccc(-c2c(C(=O)NC3COc4ccc(C(F)(F)F)cc4C3)nc3n2CCOC3)n1. The molecule has 2 aromatic heterocycles. The van der Waals surface area contributed by atoms with Gasteiger partial charge in [-0.25, -0.2) is 4.98 Å². The van der Waals surface area contributed by atoms with Crippen LogP contribution in [0.4, 0.5) is 13.2 Å². The van der Waals surface area contributed by atoms with Crippen LogP contribution >= 0.6 is 0 Å². The molecular weight excluding hydrogens is 437 g/mol. The number of hydrogen-bond donors (Lipinski definition) is 1. The van der Waals surface area contributed by atoms with Crippen molar-refractivity contribution in [2.24, 2.45) is 0 Å². The van der Waals surface area contributed by atoms with Gasteiger partial charge in [0.05, 0.1) is 23.9 Å². The highest BCUT2D eigenvalue weighted by molar-refractivity contribution is 5.98. The number of nitrogens with zero attached hydrogens (tertiary/aromatic N) is 3. The summed E-state index contributed by atoms with van der Waals surface area (Å²) in [7, 11) is 0. The maximum atomic E-state index is 13.3. The molecular formula is C23H21F3N4O3. The van der Waals surface area contributed by atoms with E-state index in [1.165, 1.54) is 6.07 Å². The number of pyridine rings is 1. The van der Waals surface area contributed by atoms with E-state index in [2.05, 4.69) is 15.3 Å². The number of carbonyl (C=O) groups is 1. The van der Waals surface area contributed by atoms with E-state index < -0.39 is 23.7 Å². The van der Waals surface area contributed by atoms with Gasteiger partial charge in [-0.05, 0) is 49.2 Å². The number of carbonyl (C=O) groups excluding carboxylic acids is 1. The molecule has 5 rings (SSSR count). The van der Waals surface area contributed by atoms with Crippen LogP contribution in [0.25, 0.3) is 11.4 Å². The molecule has 0 saturated heterocycles. The molecule has 4 heterocycles. The number of rotatable bonds is 3. The Kier molecular flexibility index (Phi) is 5.32. The molecule has 1 atom stereocenters. The number of imidazole rings is 1. The Labute approximate surface area is 187 Å². The maximum absolute atomic E-state index is 13.3. The highest BCUT2D eigenvalue weighted by Crippen LogP contribution is 2.34. The molecule has 0 fully saturated rings. The number of hydrogen-bond acceptors (Lipinski definition) is 5. The van der Waals surface area contributed by atoms with Gasteiger partial charge in [0.1, 0.15) is 30.5 Å². The summed E-state index contributed by atoms with van der Waals surface area (Å²) < 4.78 is 52.3. The standard InChI is InChI=1S/C23H21F3N4O3/c1-13-3-2-4-17(27-13)21-20(29-19-12-32-8-7-30(19)21)22(31)28-16-10-14-9-15(23(24,25)26)5-6-18(14)33-11-16/h2-6,9,16H,7-8,10-12H2,1H3,(H,28,31). The number of benzene rings is 1. The van der Waals surface area contributed by atoms with Crippen molar-refractivity contribution in [1.29, 1.82) is 0 Å². The first-order chi connectivity index (χ1) is 15.8. The van der Waals surface area contributed by atoms with Gasteiger partial charge < -0.3 is 19.4 Å². The lowest BCUT2D eigenvalue weighted by Crippen LogP contribution is -2.43. The molecule has 0 radical (unpaired) electrons. The average molecular weight is 458 g/mol. The van der Waals surface area contributed by atoms with Gasteiger partial charge in [0.15, 0.2) is 5.69 Å². The Morgan fingerprint density at radius 1 is 1.21 bits per heavy atom. The van der Waals surface area contributed by atoms with Crippen LogP contribution in [-0.2, 0) is 30.5 Å². The summed E-state index contributed by atoms with van der Waals surface area (Å²) in [6.45, 7) is 3.34. The van der Waals surface area contributed by atoms with Gasteiger partial charge >= 0.3 is 6.18 Å². The van der Waals surface area contributed by atoms with Crippen LogP contribution in [0.2, 0.25) is 0 Å². The Balaban J connectivity index is 1.43. The quantitative estimate of drug-likeness (QED) is 0.650. The first-order valence-electron chi connectivity index (χ1n) is 10.5. The zero-order valence-corrected chi connectivity index (χ0v) is 17.8. The fraction of sp³-hybridized carbons (Fsp3) is 0.348. The van der Waals surface area contributed by atoms with Crippen molar-refractivity contribution in [1.82, 2.24) is 19.9 Å². The number of alkyl halides is 3. The molecule has 3 aromatic rings. The van der Waals surface area contributed by atoms with Gasteiger partial charge in [0.2, 0.25) is 0 Å². The van der Waals surface area contributed by atoms with Crippen molar-refractivity contribution in [2.75, 3.05) is 13.2 Å². The summed E-state index contributed by atoms with van der Waals surface area (Å²) in [6, 6.07) is 8.44. The lowest BCUT2D eigenvalue weighted by atomic mass is 10.00. The molecule has 7 nitrogen and oxygen atoms in total. The molecule has 0 spiro atoms. The number of halogens is 3. The minimum absolute atomic E-state index is 0.152. The first kappa shape index (κ1) is 21.4. The lowest BCUT2D eigenvalue weighted by Gasteiger charge is -2.26. The van der Waals surface area contributed by atoms with E-state index in [-0.39, 0.29) is 25.3 Å². The van der Waals surface area contributed by atoms with Gasteiger partial charge in [-0.2, -0.15) is 13.2 Å². The van der Waals surface area contributed by atoms with E-state index in [0.29, 0.717) is 41.7 Å². The van der Waals surface area contributed by atoms with E-state index in [4.69, 9.17) is 9.47 Å². The summed E-state index contributed by atoms with van der Waals surface area (Å²) >= 11 is 0. The van der Waals surface area contributed by atoms with Gasteiger partial charge in [0, 0.05) is 12.2 Å². The number of nitrogens with one attached hydrogen (secondary N) is 1. The molecule has 10 heteroatoms. The van der Waals surface area contributed by atoms with Crippen LogP contribution in [0.15, 0.2) is 36.4 Å². The van der Waals surface area contributed by atoms with Crippen LogP contribution in [-0.4, -0.2) is 39.7 Å². The zero-order valence-electron chi connectivity index (χ0n) is 17.8. The maximum Gasteiger partial charge on any atom is 0.416 e. The number of aryl methyl sites for hydroxylation is 1. The summed E-state index contributed by atoms with van der Waals surface area (Å²) in [5.74, 6) is 0.594. The Morgan fingerprint density at radius 3 is 2.85 bits per heavy atom. The average Bonchev–Trinajstić information content (AvgIpc) is 3.18. The van der Waals surface area contributed by atoms with Crippen molar-refractivity contribution in [2.45, 2.75) is 38.7 Å². The van der Waals surface area contributed by atoms with Gasteiger partial charge in [-0.3, -0.25) is 9.78 Å². The van der Waals surface area contributed by atoms with Crippen molar-refractivity contribution in [3.05, 3.63) is 64.7 Å². The number of aromatic nitrogens is 3. The summed E-state index contributed by atoms with van der Waals surface area (Å²) in [6.07, 6.45) is -4.22. The second-order valence-electron chi connectivity index (χ2n) is 8.10. The molecule has 0 saturated carbocycles. The van der Waals surface area contributed by atoms with Crippen molar-refractivity contribution in [3.8, 4) is 17.1 Å².